The number of rotatable bonds is 6. The third kappa shape index (κ3) is 4.86. The molecular formula is C18H25ClN4O2. The summed E-state index contributed by atoms with van der Waals surface area (Å²) in [4.78, 5) is 21.9. The number of carbonyl (C=O) groups is 1. The first kappa shape index (κ1) is 18.0. The number of imidazole rings is 1. The van der Waals surface area contributed by atoms with Crippen LogP contribution in [0.3, 0.4) is 0 Å². The number of halogens is 1. The molecule has 0 aliphatic carbocycles. The molecule has 7 heteroatoms. The van der Waals surface area contributed by atoms with Gasteiger partial charge in [0.25, 0.3) is 0 Å². The number of carbonyl (C=O) groups excluding carboxylic acids is 1. The van der Waals surface area contributed by atoms with Crippen LogP contribution in [0.15, 0.2) is 18.2 Å². The molecule has 25 heavy (non-hydrogen) atoms. The largest absolute Gasteiger partial charge is 0.376 e. The highest BCUT2D eigenvalue weighted by atomic mass is 35.5. The Hall–Kier alpha value is -1.79. The highest BCUT2D eigenvalue weighted by molar-refractivity contribution is 6.31. The standard InChI is InChI=1S/C18H25ClN4O2/c1-2-23(12-14-5-3-4-10-25-14)18(24)20-9-8-17-21-15-7-6-13(19)11-16(15)22-17/h6-7,11,14H,2-5,8-10,12H2,1H3,(H,20,24)(H,21,22)/t14-/m0/s1. The smallest absolute Gasteiger partial charge is 0.317 e. The summed E-state index contributed by atoms with van der Waals surface area (Å²) in [6.45, 7) is 4.67. The highest BCUT2D eigenvalue weighted by Gasteiger charge is 2.20. The molecule has 1 aromatic heterocycles. The second kappa shape index (κ2) is 8.54. The number of nitrogens with zero attached hydrogens (tertiary/aromatic N) is 2. The van der Waals surface area contributed by atoms with Crippen molar-refractivity contribution in [3.8, 4) is 0 Å². The third-order valence-corrected chi connectivity index (χ3v) is 4.73. The molecular weight excluding hydrogens is 340 g/mol. The van der Waals surface area contributed by atoms with Gasteiger partial charge in [0.2, 0.25) is 0 Å². The monoisotopic (exact) mass is 364 g/mol. The average Bonchev–Trinajstić information content (AvgIpc) is 3.02. The van der Waals surface area contributed by atoms with E-state index in [0.717, 1.165) is 36.3 Å². The van der Waals surface area contributed by atoms with Crippen LogP contribution in [0, 0.1) is 0 Å². The zero-order chi connectivity index (χ0) is 17.6. The molecule has 0 spiro atoms. The Kier molecular flexibility index (Phi) is 6.15. The van der Waals surface area contributed by atoms with Crippen LogP contribution in [0.4, 0.5) is 4.79 Å². The maximum atomic E-state index is 12.4. The van der Waals surface area contributed by atoms with E-state index in [4.69, 9.17) is 16.3 Å². The van der Waals surface area contributed by atoms with Crippen molar-refractivity contribution in [2.45, 2.75) is 38.7 Å². The van der Waals surface area contributed by atoms with E-state index in [1.54, 1.807) is 0 Å². The van der Waals surface area contributed by atoms with Gasteiger partial charge < -0.3 is 19.9 Å². The topological polar surface area (TPSA) is 70.2 Å². The molecule has 1 aliphatic rings. The summed E-state index contributed by atoms with van der Waals surface area (Å²) in [6.07, 6.45) is 4.15. The van der Waals surface area contributed by atoms with Crippen molar-refractivity contribution in [2.24, 2.45) is 0 Å². The first-order valence-corrected chi connectivity index (χ1v) is 9.32. The van der Waals surface area contributed by atoms with Crippen molar-refractivity contribution in [2.75, 3.05) is 26.2 Å². The van der Waals surface area contributed by atoms with E-state index < -0.39 is 0 Å². The number of hydrogen-bond acceptors (Lipinski definition) is 3. The molecule has 1 atom stereocenters. The summed E-state index contributed by atoms with van der Waals surface area (Å²) in [5.41, 5.74) is 1.80. The van der Waals surface area contributed by atoms with Gasteiger partial charge in [0.15, 0.2) is 0 Å². The minimum absolute atomic E-state index is 0.0455. The predicted octanol–water partition coefficient (Wildman–Crippen LogP) is 3.36. The lowest BCUT2D eigenvalue weighted by Crippen LogP contribution is -2.45. The van der Waals surface area contributed by atoms with Crippen LogP contribution in [-0.2, 0) is 11.2 Å². The fourth-order valence-electron chi connectivity index (χ4n) is 3.11. The first-order valence-electron chi connectivity index (χ1n) is 8.94. The second-order valence-electron chi connectivity index (χ2n) is 6.35. The number of aromatic amines is 1. The van der Waals surface area contributed by atoms with E-state index >= 15 is 0 Å². The van der Waals surface area contributed by atoms with Gasteiger partial charge in [-0.3, -0.25) is 0 Å². The molecule has 136 valence electrons. The van der Waals surface area contributed by atoms with Crippen molar-refractivity contribution in [1.82, 2.24) is 20.2 Å². The Labute approximate surface area is 152 Å². The Balaban J connectivity index is 1.48. The van der Waals surface area contributed by atoms with Gasteiger partial charge in [-0.15, -0.1) is 0 Å². The molecule has 2 aromatic rings. The number of ether oxygens (including phenoxy) is 1. The van der Waals surface area contributed by atoms with Gasteiger partial charge in [-0.05, 0) is 44.4 Å². The van der Waals surface area contributed by atoms with E-state index in [1.807, 2.05) is 30.0 Å². The third-order valence-electron chi connectivity index (χ3n) is 4.50. The average molecular weight is 365 g/mol. The summed E-state index contributed by atoms with van der Waals surface area (Å²) >= 11 is 5.98. The van der Waals surface area contributed by atoms with Gasteiger partial charge in [0.05, 0.1) is 17.1 Å². The normalized spacial score (nSPS) is 17.6. The quantitative estimate of drug-likeness (QED) is 0.825. The Bertz CT molecular complexity index is 712. The van der Waals surface area contributed by atoms with E-state index in [-0.39, 0.29) is 12.1 Å². The minimum Gasteiger partial charge on any atom is -0.376 e. The number of H-pyrrole nitrogens is 1. The lowest BCUT2D eigenvalue weighted by molar-refractivity contribution is 0.00136. The molecule has 0 unspecified atom stereocenters. The summed E-state index contributed by atoms with van der Waals surface area (Å²) in [7, 11) is 0. The Morgan fingerprint density at radius 1 is 1.48 bits per heavy atom. The molecule has 1 aromatic carbocycles. The molecule has 3 rings (SSSR count). The van der Waals surface area contributed by atoms with Crippen LogP contribution in [0.2, 0.25) is 5.02 Å². The molecule has 0 radical (unpaired) electrons. The SMILES string of the molecule is CCN(C[C@@H]1CCCCO1)C(=O)NCCc1nc2ccc(Cl)cc2[nH]1. The Morgan fingerprint density at radius 3 is 3.12 bits per heavy atom. The van der Waals surface area contributed by atoms with Gasteiger partial charge in [0, 0.05) is 37.7 Å². The van der Waals surface area contributed by atoms with Gasteiger partial charge in [-0.2, -0.15) is 0 Å². The van der Waals surface area contributed by atoms with Crippen molar-refractivity contribution in [3.05, 3.63) is 29.0 Å². The summed E-state index contributed by atoms with van der Waals surface area (Å²) in [5, 5.41) is 3.65. The fourth-order valence-corrected chi connectivity index (χ4v) is 3.28. The van der Waals surface area contributed by atoms with E-state index in [2.05, 4.69) is 15.3 Å². The fraction of sp³-hybridized carbons (Fsp3) is 0.556. The first-order chi connectivity index (χ1) is 12.2. The van der Waals surface area contributed by atoms with E-state index in [9.17, 15) is 4.79 Å². The number of fused-ring (bicyclic) bond motifs is 1. The van der Waals surface area contributed by atoms with E-state index in [0.29, 0.717) is 31.1 Å². The molecule has 1 saturated heterocycles. The van der Waals surface area contributed by atoms with Gasteiger partial charge >= 0.3 is 6.03 Å². The minimum atomic E-state index is -0.0455. The molecule has 1 fully saturated rings. The summed E-state index contributed by atoms with van der Waals surface area (Å²) in [6, 6.07) is 5.52. The van der Waals surface area contributed by atoms with Crippen LogP contribution in [0.5, 0.6) is 0 Å². The van der Waals surface area contributed by atoms with E-state index in [1.165, 1.54) is 6.42 Å². The lowest BCUT2D eigenvalue weighted by Gasteiger charge is -2.29. The molecule has 0 bridgehead atoms. The van der Waals surface area contributed by atoms with Gasteiger partial charge in [0.1, 0.15) is 5.82 Å². The zero-order valence-electron chi connectivity index (χ0n) is 14.6. The molecule has 1 aliphatic heterocycles. The van der Waals surface area contributed by atoms with Gasteiger partial charge in [-0.1, -0.05) is 11.6 Å². The molecule has 2 N–H and O–H groups in total. The van der Waals surface area contributed by atoms with Crippen molar-refractivity contribution in [1.29, 1.82) is 0 Å². The Morgan fingerprint density at radius 2 is 2.36 bits per heavy atom. The van der Waals surface area contributed by atoms with Crippen molar-refractivity contribution in [3.63, 3.8) is 0 Å². The number of aromatic nitrogens is 2. The van der Waals surface area contributed by atoms with Crippen LogP contribution in [-0.4, -0.2) is 53.2 Å². The maximum absolute atomic E-state index is 12.4. The zero-order valence-corrected chi connectivity index (χ0v) is 15.3. The molecule has 2 heterocycles. The summed E-state index contributed by atoms with van der Waals surface area (Å²) in [5.74, 6) is 0.844. The number of urea groups is 1. The molecule has 0 saturated carbocycles. The highest BCUT2D eigenvalue weighted by Crippen LogP contribution is 2.17. The van der Waals surface area contributed by atoms with Gasteiger partial charge in [-0.25, -0.2) is 9.78 Å². The van der Waals surface area contributed by atoms with Crippen LogP contribution >= 0.6 is 11.6 Å². The number of amides is 2. The van der Waals surface area contributed by atoms with Crippen LogP contribution in [0.25, 0.3) is 11.0 Å². The number of benzene rings is 1. The number of hydrogen-bond donors (Lipinski definition) is 2. The van der Waals surface area contributed by atoms with Crippen molar-refractivity contribution >= 4 is 28.7 Å². The van der Waals surface area contributed by atoms with Crippen molar-refractivity contribution < 1.29 is 9.53 Å². The van der Waals surface area contributed by atoms with Crippen LogP contribution in [0.1, 0.15) is 32.0 Å². The lowest BCUT2D eigenvalue weighted by atomic mass is 10.1. The predicted molar refractivity (Wildman–Crippen MR) is 99.0 cm³/mol. The molecule has 2 amide bonds. The maximum Gasteiger partial charge on any atom is 0.317 e. The number of likely N-dealkylation sites (N-methyl/N-ethyl adjacent to an activating group) is 1. The molecule has 6 nitrogen and oxygen atoms in total. The second-order valence-corrected chi connectivity index (χ2v) is 6.79. The summed E-state index contributed by atoms with van der Waals surface area (Å²) < 4.78 is 5.73. The van der Waals surface area contributed by atoms with Crippen LogP contribution < -0.4 is 5.32 Å². The number of nitrogens with one attached hydrogen (secondary N) is 2.